The predicted molar refractivity (Wildman–Crippen MR) is 124 cm³/mol. The molecule has 2 aromatic carbocycles. The molecule has 0 bridgehead atoms. The van der Waals surface area contributed by atoms with Crippen molar-refractivity contribution in [2.45, 2.75) is 43.4 Å². The first-order valence-electron chi connectivity index (χ1n) is 11.0. The minimum atomic E-state index is -3.57. The number of piperidine rings is 1. The van der Waals surface area contributed by atoms with Crippen molar-refractivity contribution in [1.82, 2.24) is 9.88 Å². The topological polar surface area (TPSA) is 89.7 Å². The third-order valence-corrected chi connectivity index (χ3v) is 7.55. The highest BCUT2D eigenvalue weighted by molar-refractivity contribution is 7.90. The standard InChI is InChI=1S/C25H28N2O5S/c1-18-23(26-24(32-18)20-8-10-21(11-9-20)25(28)31-2)17-33(29,30)22-12-6-19(7-13-22)16-27-14-4-3-5-15-27/h6-13H,3-5,14-17H2,1-2H3. The summed E-state index contributed by atoms with van der Waals surface area (Å²) in [5, 5.41) is 0. The fourth-order valence-corrected chi connectivity index (χ4v) is 5.34. The summed E-state index contributed by atoms with van der Waals surface area (Å²) in [6, 6.07) is 13.8. The molecule has 1 fully saturated rings. The summed E-state index contributed by atoms with van der Waals surface area (Å²) in [6.45, 7) is 4.74. The number of oxazole rings is 1. The van der Waals surface area contributed by atoms with Gasteiger partial charge in [0.15, 0.2) is 9.84 Å². The van der Waals surface area contributed by atoms with Gasteiger partial charge in [0.25, 0.3) is 0 Å². The summed E-state index contributed by atoms with van der Waals surface area (Å²) in [4.78, 5) is 18.7. The quantitative estimate of drug-likeness (QED) is 0.475. The smallest absolute Gasteiger partial charge is 0.337 e. The van der Waals surface area contributed by atoms with Crippen LogP contribution in [0.3, 0.4) is 0 Å². The van der Waals surface area contributed by atoms with Crippen molar-refractivity contribution >= 4 is 15.8 Å². The number of aromatic nitrogens is 1. The molecule has 3 aromatic rings. The lowest BCUT2D eigenvalue weighted by Crippen LogP contribution is -2.29. The van der Waals surface area contributed by atoms with Gasteiger partial charge in [-0.15, -0.1) is 0 Å². The van der Waals surface area contributed by atoms with E-state index in [1.165, 1.54) is 26.4 Å². The zero-order valence-electron chi connectivity index (χ0n) is 18.9. The Morgan fingerprint density at radius 1 is 1.03 bits per heavy atom. The van der Waals surface area contributed by atoms with Crippen LogP contribution in [0.1, 0.15) is 46.6 Å². The molecule has 0 aliphatic carbocycles. The predicted octanol–water partition coefficient (Wildman–Crippen LogP) is 4.40. The Morgan fingerprint density at radius 3 is 2.33 bits per heavy atom. The van der Waals surface area contributed by atoms with Crippen LogP contribution in [-0.2, 0) is 26.9 Å². The number of hydrogen-bond acceptors (Lipinski definition) is 7. The van der Waals surface area contributed by atoms with E-state index in [4.69, 9.17) is 9.15 Å². The average Bonchev–Trinajstić information content (AvgIpc) is 3.19. The lowest BCUT2D eigenvalue weighted by atomic mass is 10.1. The molecule has 0 atom stereocenters. The van der Waals surface area contributed by atoms with Gasteiger partial charge in [0.1, 0.15) is 11.5 Å². The third kappa shape index (κ3) is 5.51. The normalized spacial score (nSPS) is 14.8. The zero-order chi connectivity index (χ0) is 23.4. The largest absolute Gasteiger partial charge is 0.465 e. The molecule has 1 aromatic heterocycles. The van der Waals surface area contributed by atoms with Crippen LogP contribution in [0.15, 0.2) is 57.8 Å². The van der Waals surface area contributed by atoms with Crippen LogP contribution in [0.25, 0.3) is 11.5 Å². The summed E-state index contributed by atoms with van der Waals surface area (Å²) < 4.78 is 36.4. The molecule has 0 saturated carbocycles. The Labute approximate surface area is 194 Å². The van der Waals surface area contributed by atoms with Crippen LogP contribution < -0.4 is 0 Å². The van der Waals surface area contributed by atoms with Crippen molar-refractivity contribution in [2.75, 3.05) is 20.2 Å². The van der Waals surface area contributed by atoms with E-state index in [0.29, 0.717) is 28.5 Å². The Balaban J connectivity index is 1.46. The van der Waals surface area contributed by atoms with E-state index in [9.17, 15) is 13.2 Å². The summed E-state index contributed by atoms with van der Waals surface area (Å²) in [6.07, 6.45) is 3.73. The highest BCUT2D eigenvalue weighted by atomic mass is 32.2. The van der Waals surface area contributed by atoms with Gasteiger partial charge in [0.05, 0.1) is 23.3 Å². The highest BCUT2D eigenvalue weighted by Gasteiger charge is 2.21. The monoisotopic (exact) mass is 468 g/mol. The van der Waals surface area contributed by atoms with Gasteiger partial charge < -0.3 is 9.15 Å². The first-order valence-corrected chi connectivity index (χ1v) is 12.7. The number of benzene rings is 2. The van der Waals surface area contributed by atoms with Gasteiger partial charge in [-0.25, -0.2) is 18.2 Å². The van der Waals surface area contributed by atoms with Gasteiger partial charge in [-0.05, 0) is 74.8 Å². The summed E-state index contributed by atoms with van der Waals surface area (Å²) >= 11 is 0. The maximum Gasteiger partial charge on any atom is 0.337 e. The number of sulfone groups is 1. The second-order valence-corrected chi connectivity index (χ2v) is 10.3. The molecule has 1 aliphatic heterocycles. The molecule has 4 rings (SSSR count). The first kappa shape index (κ1) is 23.2. The highest BCUT2D eigenvalue weighted by Crippen LogP contribution is 2.25. The second kappa shape index (κ2) is 9.89. The number of likely N-dealkylation sites (tertiary alicyclic amines) is 1. The third-order valence-electron chi connectivity index (χ3n) is 5.91. The molecule has 33 heavy (non-hydrogen) atoms. The molecule has 0 radical (unpaired) electrons. The van der Waals surface area contributed by atoms with E-state index in [1.54, 1.807) is 43.3 Å². The van der Waals surface area contributed by atoms with E-state index in [2.05, 4.69) is 9.88 Å². The van der Waals surface area contributed by atoms with E-state index in [1.807, 2.05) is 12.1 Å². The lowest BCUT2D eigenvalue weighted by Gasteiger charge is -2.26. The molecule has 1 aliphatic rings. The molecule has 1 saturated heterocycles. The number of methoxy groups -OCH3 is 1. The molecule has 0 N–H and O–H groups in total. The van der Waals surface area contributed by atoms with E-state index >= 15 is 0 Å². The first-order chi connectivity index (χ1) is 15.9. The summed E-state index contributed by atoms with van der Waals surface area (Å²) in [5.74, 6) is 0.0887. The minimum Gasteiger partial charge on any atom is -0.465 e. The van der Waals surface area contributed by atoms with Crippen LogP contribution in [0, 0.1) is 6.92 Å². The molecular formula is C25H28N2O5S. The Hall–Kier alpha value is -2.97. The minimum absolute atomic E-state index is 0.242. The number of carbonyl (C=O) groups excluding carboxylic acids is 1. The van der Waals surface area contributed by atoms with Crippen LogP contribution in [0.2, 0.25) is 0 Å². The van der Waals surface area contributed by atoms with E-state index < -0.39 is 15.8 Å². The van der Waals surface area contributed by atoms with E-state index in [0.717, 1.165) is 25.2 Å². The van der Waals surface area contributed by atoms with Crippen molar-refractivity contribution in [2.24, 2.45) is 0 Å². The van der Waals surface area contributed by atoms with Gasteiger partial charge in [-0.2, -0.15) is 0 Å². The number of nitrogens with zero attached hydrogens (tertiary/aromatic N) is 2. The van der Waals surface area contributed by atoms with Gasteiger partial charge in [0, 0.05) is 12.1 Å². The number of esters is 1. The molecule has 8 heteroatoms. The Kier molecular flexibility index (Phi) is 6.95. The van der Waals surface area contributed by atoms with Crippen molar-refractivity contribution in [3.05, 3.63) is 71.1 Å². The number of carbonyl (C=O) groups is 1. The lowest BCUT2D eigenvalue weighted by molar-refractivity contribution is 0.0600. The molecule has 7 nitrogen and oxygen atoms in total. The molecule has 0 spiro atoms. The Morgan fingerprint density at radius 2 is 1.70 bits per heavy atom. The number of ether oxygens (including phenoxy) is 1. The second-order valence-electron chi connectivity index (χ2n) is 8.33. The van der Waals surface area contributed by atoms with Crippen LogP contribution in [-0.4, -0.2) is 44.5 Å². The SMILES string of the molecule is COC(=O)c1ccc(-c2nc(CS(=O)(=O)c3ccc(CN4CCCCC4)cc3)c(C)o2)cc1. The van der Waals surface area contributed by atoms with Crippen LogP contribution in [0.5, 0.6) is 0 Å². The van der Waals surface area contributed by atoms with Gasteiger partial charge in [0.2, 0.25) is 5.89 Å². The van der Waals surface area contributed by atoms with Gasteiger partial charge >= 0.3 is 5.97 Å². The van der Waals surface area contributed by atoms with Crippen LogP contribution >= 0.6 is 0 Å². The molecule has 0 unspecified atom stereocenters. The van der Waals surface area contributed by atoms with Gasteiger partial charge in [-0.1, -0.05) is 18.6 Å². The van der Waals surface area contributed by atoms with Gasteiger partial charge in [-0.3, -0.25) is 4.90 Å². The fraction of sp³-hybridized carbons (Fsp3) is 0.360. The number of rotatable bonds is 7. The molecule has 174 valence electrons. The number of aryl methyl sites for hydroxylation is 1. The Bertz CT molecular complexity index is 1210. The fourth-order valence-electron chi connectivity index (χ4n) is 3.99. The molecule has 2 heterocycles. The van der Waals surface area contributed by atoms with Crippen molar-refractivity contribution in [3.63, 3.8) is 0 Å². The zero-order valence-corrected chi connectivity index (χ0v) is 19.7. The van der Waals surface area contributed by atoms with Crippen LogP contribution in [0.4, 0.5) is 0 Å². The van der Waals surface area contributed by atoms with Crippen molar-refractivity contribution in [1.29, 1.82) is 0 Å². The summed E-state index contributed by atoms with van der Waals surface area (Å²) in [7, 11) is -2.25. The van der Waals surface area contributed by atoms with Crippen molar-refractivity contribution < 1.29 is 22.4 Å². The maximum atomic E-state index is 13.0. The molecular weight excluding hydrogens is 440 g/mol. The average molecular weight is 469 g/mol. The molecule has 0 amide bonds. The van der Waals surface area contributed by atoms with E-state index in [-0.39, 0.29) is 10.6 Å². The van der Waals surface area contributed by atoms with Crippen molar-refractivity contribution in [3.8, 4) is 11.5 Å². The summed E-state index contributed by atoms with van der Waals surface area (Å²) in [5.41, 5.74) is 2.55. The maximum absolute atomic E-state index is 13.0. The number of hydrogen-bond donors (Lipinski definition) is 0.